The summed E-state index contributed by atoms with van der Waals surface area (Å²) in [6.07, 6.45) is 2.84. The van der Waals surface area contributed by atoms with Crippen LogP contribution < -0.4 is 0 Å². The van der Waals surface area contributed by atoms with Crippen molar-refractivity contribution >= 4 is 15.9 Å². The summed E-state index contributed by atoms with van der Waals surface area (Å²) in [6.45, 7) is 7.76. The summed E-state index contributed by atoms with van der Waals surface area (Å²) in [4.78, 5) is 12.4. The monoisotopic (exact) mass is 313 g/mol. The Balaban J connectivity index is 2.00. The van der Waals surface area contributed by atoms with Gasteiger partial charge in [-0.2, -0.15) is 0 Å². The van der Waals surface area contributed by atoms with E-state index in [2.05, 4.69) is 20.4 Å². The minimum atomic E-state index is -3.63. The van der Waals surface area contributed by atoms with Gasteiger partial charge in [0.1, 0.15) is 6.10 Å². The number of carbonyl (C=O) groups is 1. The summed E-state index contributed by atoms with van der Waals surface area (Å²) in [5.41, 5.74) is -0.400. The number of amides is 1. The highest BCUT2D eigenvalue weighted by Gasteiger charge is 2.72. The van der Waals surface area contributed by atoms with E-state index in [9.17, 15) is 18.3 Å². The van der Waals surface area contributed by atoms with Gasteiger partial charge in [-0.15, -0.1) is 6.58 Å². The van der Waals surface area contributed by atoms with Crippen molar-refractivity contribution in [3.8, 4) is 0 Å². The number of rotatable bonds is 3. The van der Waals surface area contributed by atoms with E-state index in [-0.39, 0.29) is 29.0 Å². The average Bonchev–Trinajstić information content (AvgIpc) is 2.85. The number of carbonyl (C=O) groups excluding carboxylic acids is 1. The molecule has 4 atom stereocenters. The van der Waals surface area contributed by atoms with Gasteiger partial charge >= 0.3 is 0 Å². The summed E-state index contributed by atoms with van der Waals surface area (Å²) < 4.78 is 26.1. The SMILES string of the molecule is C=CC[C@H](O)C(=O)N1[C@H]2C[C@@H]3CC[C@@]2(CS1(=O)=O)C3(C)C. The average molecular weight is 313 g/mol. The summed E-state index contributed by atoms with van der Waals surface area (Å²) in [7, 11) is -3.63. The lowest BCUT2D eigenvalue weighted by molar-refractivity contribution is -0.137. The molecular formula is C15H23NO4S. The van der Waals surface area contributed by atoms with Crippen molar-refractivity contribution in [2.45, 2.75) is 51.7 Å². The fourth-order valence-electron chi connectivity index (χ4n) is 4.98. The van der Waals surface area contributed by atoms with Gasteiger partial charge in [-0.1, -0.05) is 19.9 Å². The van der Waals surface area contributed by atoms with Crippen molar-refractivity contribution in [3.63, 3.8) is 0 Å². The Hall–Kier alpha value is -0.880. The number of aliphatic hydroxyl groups is 1. The molecule has 0 aromatic heterocycles. The van der Waals surface area contributed by atoms with Crippen LogP contribution in [0.15, 0.2) is 12.7 Å². The van der Waals surface area contributed by atoms with E-state index < -0.39 is 22.0 Å². The van der Waals surface area contributed by atoms with E-state index >= 15 is 0 Å². The maximum absolute atomic E-state index is 12.6. The molecule has 3 fully saturated rings. The third-order valence-corrected chi connectivity index (χ3v) is 8.22. The first kappa shape index (κ1) is 15.0. The number of hydrogen-bond donors (Lipinski definition) is 1. The van der Waals surface area contributed by atoms with Crippen LogP contribution in [0.2, 0.25) is 0 Å². The quantitative estimate of drug-likeness (QED) is 0.797. The van der Waals surface area contributed by atoms with E-state index in [1.165, 1.54) is 6.08 Å². The fraction of sp³-hybridized carbons (Fsp3) is 0.800. The van der Waals surface area contributed by atoms with Gasteiger partial charge in [-0.3, -0.25) is 4.79 Å². The molecule has 2 saturated carbocycles. The van der Waals surface area contributed by atoms with Crippen LogP contribution in [0.25, 0.3) is 0 Å². The number of fused-ring (bicyclic) bond motifs is 1. The molecule has 2 aliphatic carbocycles. The zero-order valence-corrected chi connectivity index (χ0v) is 13.4. The van der Waals surface area contributed by atoms with Crippen LogP contribution in [0.5, 0.6) is 0 Å². The van der Waals surface area contributed by atoms with Crippen molar-refractivity contribution < 1.29 is 18.3 Å². The first-order valence-corrected chi connectivity index (χ1v) is 9.13. The van der Waals surface area contributed by atoms with Crippen molar-refractivity contribution in [3.05, 3.63) is 12.7 Å². The summed E-state index contributed by atoms with van der Waals surface area (Å²) >= 11 is 0. The normalized spacial score (nSPS) is 40.0. The topological polar surface area (TPSA) is 74.7 Å². The molecule has 1 spiro atoms. The number of sulfonamides is 1. The Labute approximate surface area is 126 Å². The lowest BCUT2D eigenvalue weighted by Gasteiger charge is -2.37. The molecule has 0 aromatic rings. The maximum atomic E-state index is 12.6. The van der Waals surface area contributed by atoms with Gasteiger partial charge in [0.05, 0.1) is 11.8 Å². The van der Waals surface area contributed by atoms with Gasteiger partial charge in [-0.25, -0.2) is 12.7 Å². The maximum Gasteiger partial charge on any atom is 0.265 e. The summed E-state index contributed by atoms with van der Waals surface area (Å²) in [6, 6.07) is -0.275. The van der Waals surface area contributed by atoms with E-state index in [4.69, 9.17) is 0 Å². The highest BCUT2D eigenvalue weighted by atomic mass is 32.2. The largest absolute Gasteiger partial charge is 0.383 e. The van der Waals surface area contributed by atoms with Crippen molar-refractivity contribution in [1.82, 2.24) is 4.31 Å². The second-order valence-electron chi connectivity index (χ2n) is 7.30. The second kappa shape index (κ2) is 4.32. The Morgan fingerprint density at radius 3 is 2.76 bits per heavy atom. The molecule has 0 aromatic carbocycles. The van der Waals surface area contributed by atoms with Gasteiger partial charge in [0.15, 0.2) is 0 Å². The molecule has 1 amide bonds. The lowest BCUT2D eigenvalue weighted by atomic mass is 9.69. The minimum Gasteiger partial charge on any atom is -0.383 e. The second-order valence-corrected chi connectivity index (χ2v) is 9.14. The van der Waals surface area contributed by atoms with Crippen LogP contribution in [0.3, 0.4) is 0 Å². The molecule has 1 heterocycles. The van der Waals surface area contributed by atoms with Gasteiger partial charge in [0, 0.05) is 11.8 Å². The van der Waals surface area contributed by atoms with Gasteiger partial charge in [0.2, 0.25) is 10.0 Å². The van der Waals surface area contributed by atoms with Crippen LogP contribution >= 0.6 is 0 Å². The fourth-order valence-corrected chi connectivity index (χ4v) is 7.55. The van der Waals surface area contributed by atoms with E-state index in [1.54, 1.807) is 0 Å². The van der Waals surface area contributed by atoms with Crippen LogP contribution in [0.4, 0.5) is 0 Å². The number of hydrogen-bond acceptors (Lipinski definition) is 4. The molecule has 0 unspecified atom stereocenters. The third-order valence-electron chi connectivity index (χ3n) is 6.30. The van der Waals surface area contributed by atoms with Crippen molar-refractivity contribution in [1.29, 1.82) is 0 Å². The first-order valence-electron chi connectivity index (χ1n) is 7.52. The van der Waals surface area contributed by atoms with Crippen molar-refractivity contribution in [2.75, 3.05) is 5.75 Å². The van der Waals surface area contributed by atoms with Crippen LogP contribution in [-0.4, -0.2) is 41.6 Å². The van der Waals surface area contributed by atoms with Crippen LogP contribution in [0.1, 0.15) is 39.5 Å². The highest BCUT2D eigenvalue weighted by molar-refractivity contribution is 7.90. The third kappa shape index (κ3) is 1.72. The molecule has 1 N–H and O–H groups in total. The lowest BCUT2D eigenvalue weighted by Crippen LogP contribution is -2.47. The molecule has 6 heteroatoms. The molecule has 2 bridgehead atoms. The molecule has 0 radical (unpaired) electrons. The molecule has 3 aliphatic rings. The Kier molecular flexibility index (Phi) is 3.09. The Bertz CT molecular complexity index is 597. The minimum absolute atomic E-state index is 0.0424. The Morgan fingerprint density at radius 1 is 1.52 bits per heavy atom. The number of aliphatic hydroxyl groups excluding tert-OH is 1. The standard InChI is InChI=1S/C15H23NO4S/c1-4-5-11(17)13(18)16-12-8-10-6-7-15(12,14(10,2)3)9-21(16,19)20/h4,10-12,17H,1,5-9H2,2-3H3/t10-,11-,12-,15-/m0/s1. The predicted octanol–water partition coefficient (Wildman–Crippen LogP) is 1.29. The van der Waals surface area contributed by atoms with Gasteiger partial charge in [0.25, 0.3) is 5.91 Å². The predicted molar refractivity (Wildman–Crippen MR) is 78.8 cm³/mol. The van der Waals surface area contributed by atoms with Gasteiger partial charge < -0.3 is 5.11 Å². The number of nitrogens with zero attached hydrogens (tertiary/aromatic N) is 1. The smallest absolute Gasteiger partial charge is 0.265 e. The molecular weight excluding hydrogens is 290 g/mol. The summed E-state index contributed by atoms with van der Waals surface area (Å²) in [5, 5.41) is 9.90. The molecule has 1 saturated heterocycles. The molecule has 5 nitrogen and oxygen atoms in total. The van der Waals surface area contributed by atoms with E-state index in [1.807, 2.05) is 0 Å². The van der Waals surface area contributed by atoms with Crippen LogP contribution in [0, 0.1) is 16.7 Å². The van der Waals surface area contributed by atoms with E-state index in [0.717, 1.165) is 23.6 Å². The van der Waals surface area contributed by atoms with Gasteiger partial charge in [-0.05, 0) is 30.6 Å². The molecule has 1 aliphatic heterocycles. The first-order chi connectivity index (χ1) is 9.67. The highest BCUT2D eigenvalue weighted by Crippen LogP contribution is 2.69. The summed E-state index contributed by atoms with van der Waals surface area (Å²) in [5.74, 6) is -0.175. The van der Waals surface area contributed by atoms with Crippen molar-refractivity contribution in [2.24, 2.45) is 16.7 Å². The molecule has 21 heavy (non-hydrogen) atoms. The van der Waals surface area contributed by atoms with Crippen LogP contribution in [-0.2, 0) is 14.8 Å². The zero-order valence-electron chi connectivity index (χ0n) is 12.6. The molecule has 3 rings (SSSR count). The molecule has 118 valence electrons. The zero-order chi connectivity index (χ0) is 15.6. The Morgan fingerprint density at radius 2 is 2.19 bits per heavy atom. The van der Waals surface area contributed by atoms with E-state index in [0.29, 0.717) is 5.92 Å².